The maximum absolute atomic E-state index is 12.7. The maximum Gasteiger partial charge on any atom is 0.265 e. The number of carbonyl (C=O) groups is 3. The summed E-state index contributed by atoms with van der Waals surface area (Å²) in [6, 6.07) is 4.90. The Balaban J connectivity index is 2.34. The Morgan fingerprint density at radius 3 is 2.33 bits per heavy atom. The van der Waals surface area contributed by atoms with Crippen molar-refractivity contribution in [3.8, 4) is 0 Å². The summed E-state index contributed by atoms with van der Waals surface area (Å²) in [6.07, 6.45) is 0. The third-order valence-corrected chi connectivity index (χ3v) is 2.58. The fourth-order valence-corrected chi connectivity index (χ4v) is 1.31. The standard InChI is InChI=1S/C13H16FN3O4/c1-17(21-2)12(19)8-15-11(18)7-16-13(20)9-3-5-10(14)6-4-9/h3-6H,7-8H2,1-2H3,(H,15,18)(H,16,20). The number of halogens is 1. The molecule has 2 N–H and O–H groups in total. The molecule has 0 spiro atoms. The van der Waals surface area contributed by atoms with Crippen LogP contribution < -0.4 is 10.6 Å². The van der Waals surface area contributed by atoms with Gasteiger partial charge in [0.15, 0.2) is 0 Å². The number of likely N-dealkylation sites (N-methyl/N-ethyl adjacent to an activating group) is 1. The normalized spacial score (nSPS) is 9.86. The molecule has 0 bridgehead atoms. The van der Waals surface area contributed by atoms with Crippen LogP contribution in [0.2, 0.25) is 0 Å². The summed E-state index contributed by atoms with van der Waals surface area (Å²) in [4.78, 5) is 39.1. The highest BCUT2D eigenvalue weighted by Gasteiger charge is 2.11. The largest absolute Gasteiger partial charge is 0.345 e. The van der Waals surface area contributed by atoms with Gasteiger partial charge in [0.05, 0.1) is 20.2 Å². The van der Waals surface area contributed by atoms with Crippen molar-refractivity contribution in [2.24, 2.45) is 0 Å². The van der Waals surface area contributed by atoms with Gasteiger partial charge in [-0.25, -0.2) is 9.45 Å². The highest BCUT2D eigenvalue weighted by atomic mass is 19.1. The van der Waals surface area contributed by atoms with E-state index in [2.05, 4.69) is 15.5 Å². The van der Waals surface area contributed by atoms with Gasteiger partial charge in [-0.3, -0.25) is 19.2 Å². The van der Waals surface area contributed by atoms with Crippen LogP contribution in [0.5, 0.6) is 0 Å². The highest BCUT2D eigenvalue weighted by Crippen LogP contribution is 2.01. The van der Waals surface area contributed by atoms with E-state index in [1.54, 1.807) is 0 Å². The van der Waals surface area contributed by atoms with Crippen LogP contribution in [0, 0.1) is 5.82 Å². The summed E-state index contributed by atoms with van der Waals surface area (Å²) < 4.78 is 12.7. The van der Waals surface area contributed by atoms with Crippen LogP contribution in [0.4, 0.5) is 4.39 Å². The molecule has 0 aromatic heterocycles. The highest BCUT2D eigenvalue weighted by molar-refractivity contribution is 5.96. The quantitative estimate of drug-likeness (QED) is 0.705. The summed E-state index contributed by atoms with van der Waals surface area (Å²) >= 11 is 0. The maximum atomic E-state index is 12.7. The topological polar surface area (TPSA) is 87.7 Å². The lowest BCUT2D eigenvalue weighted by atomic mass is 10.2. The van der Waals surface area contributed by atoms with Gasteiger partial charge in [-0.2, -0.15) is 0 Å². The molecule has 0 fully saturated rings. The lowest BCUT2D eigenvalue weighted by Crippen LogP contribution is -2.42. The predicted molar refractivity (Wildman–Crippen MR) is 71.5 cm³/mol. The number of hydroxylamine groups is 2. The molecule has 8 heteroatoms. The zero-order valence-corrected chi connectivity index (χ0v) is 11.7. The van der Waals surface area contributed by atoms with Crippen molar-refractivity contribution >= 4 is 17.7 Å². The number of amides is 3. The van der Waals surface area contributed by atoms with Crippen molar-refractivity contribution in [1.82, 2.24) is 15.7 Å². The molecule has 1 aromatic rings. The second-order valence-corrected chi connectivity index (χ2v) is 4.04. The summed E-state index contributed by atoms with van der Waals surface area (Å²) in [5, 5.41) is 5.65. The number of benzene rings is 1. The van der Waals surface area contributed by atoms with E-state index in [9.17, 15) is 18.8 Å². The van der Waals surface area contributed by atoms with Crippen molar-refractivity contribution in [3.63, 3.8) is 0 Å². The molecule has 1 aromatic carbocycles. The van der Waals surface area contributed by atoms with Gasteiger partial charge >= 0.3 is 0 Å². The average molecular weight is 297 g/mol. The fourth-order valence-electron chi connectivity index (χ4n) is 1.31. The number of rotatable bonds is 6. The molecule has 0 saturated carbocycles. The van der Waals surface area contributed by atoms with E-state index in [1.807, 2.05) is 0 Å². The first-order valence-corrected chi connectivity index (χ1v) is 6.05. The Bertz CT molecular complexity index is 519. The molecular formula is C13H16FN3O4. The Labute approximate surface area is 121 Å². The van der Waals surface area contributed by atoms with Crippen LogP contribution in [0.15, 0.2) is 24.3 Å². The van der Waals surface area contributed by atoms with Crippen molar-refractivity contribution in [1.29, 1.82) is 0 Å². The zero-order valence-electron chi connectivity index (χ0n) is 11.7. The molecule has 0 radical (unpaired) electrons. The number of nitrogens with zero attached hydrogens (tertiary/aromatic N) is 1. The number of hydrogen-bond acceptors (Lipinski definition) is 4. The molecular weight excluding hydrogens is 281 g/mol. The first-order chi connectivity index (χ1) is 9.93. The molecule has 0 unspecified atom stereocenters. The molecule has 1 rings (SSSR count). The molecule has 114 valence electrons. The molecule has 3 amide bonds. The Hall–Kier alpha value is -2.48. The number of carbonyl (C=O) groups excluding carboxylic acids is 3. The SMILES string of the molecule is CON(C)C(=O)CNC(=O)CNC(=O)c1ccc(F)cc1. The van der Waals surface area contributed by atoms with Crippen LogP contribution >= 0.6 is 0 Å². The summed E-state index contributed by atoms with van der Waals surface area (Å²) in [6.45, 7) is -0.532. The minimum atomic E-state index is -0.525. The Morgan fingerprint density at radius 1 is 1.14 bits per heavy atom. The second kappa shape index (κ2) is 7.95. The predicted octanol–water partition coefficient (Wildman–Crippen LogP) is -0.309. The Morgan fingerprint density at radius 2 is 1.76 bits per heavy atom. The van der Waals surface area contributed by atoms with Crippen LogP contribution in [0.25, 0.3) is 0 Å². The second-order valence-electron chi connectivity index (χ2n) is 4.04. The van der Waals surface area contributed by atoms with Gasteiger partial charge in [0.2, 0.25) is 5.91 Å². The third-order valence-electron chi connectivity index (χ3n) is 2.58. The monoisotopic (exact) mass is 297 g/mol. The van der Waals surface area contributed by atoms with Gasteiger partial charge < -0.3 is 10.6 Å². The van der Waals surface area contributed by atoms with Crippen LogP contribution in [-0.2, 0) is 14.4 Å². The van der Waals surface area contributed by atoms with Gasteiger partial charge in [-0.05, 0) is 24.3 Å². The number of hydrogen-bond donors (Lipinski definition) is 2. The smallest absolute Gasteiger partial charge is 0.265 e. The molecule has 0 atom stereocenters. The fraction of sp³-hybridized carbons (Fsp3) is 0.308. The van der Waals surface area contributed by atoms with Crippen molar-refractivity contribution in [2.45, 2.75) is 0 Å². The summed E-state index contributed by atoms with van der Waals surface area (Å²) in [7, 11) is 2.73. The molecule has 0 aliphatic rings. The lowest BCUT2D eigenvalue weighted by Gasteiger charge is -2.13. The third kappa shape index (κ3) is 5.57. The molecule has 7 nitrogen and oxygen atoms in total. The van der Waals surface area contributed by atoms with Crippen LogP contribution in [0.3, 0.4) is 0 Å². The first kappa shape index (κ1) is 16.6. The Kier molecular flexibility index (Phi) is 6.28. The average Bonchev–Trinajstić information content (AvgIpc) is 2.49. The van der Waals surface area contributed by atoms with Crippen molar-refractivity contribution < 1.29 is 23.6 Å². The van der Waals surface area contributed by atoms with E-state index >= 15 is 0 Å². The van der Waals surface area contributed by atoms with Gasteiger partial charge in [0.1, 0.15) is 5.82 Å². The van der Waals surface area contributed by atoms with E-state index in [0.717, 1.165) is 17.2 Å². The minimum Gasteiger partial charge on any atom is -0.345 e. The number of nitrogens with one attached hydrogen (secondary N) is 2. The van der Waals surface area contributed by atoms with Gasteiger partial charge in [0.25, 0.3) is 11.8 Å². The lowest BCUT2D eigenvalue weighted by molar-refractivity contribution is -0.167. The van der Waals surface area contributed by atoms with Gasteiger partial charge in [0, 0.05) is 12.6 Å². The molecule has 0 aliphatic carbocycles. The minimum absolute atomic E-state index is 0.236. The molecule has 0 heterocycles. The zero-order chi connectivity index (χ0) is 15.8. The van der Waals surface area contributed by atoms with Crippen molar-refractivity contribution in [3.05, 3.63) is 35.6 Å². The molecule has 0 aliphatic heterocycles. The van der Waals surface area contributed by atoms with E-state index < -0.39 is 23.5 Å². The molecule has 0 saturated heterocycles. The van der Waals surface area contributed by atoms with Crippen LogP contribution in [0.1, 0.15) is 10.4 Å². The van der Waals surface area contributed by atoms with E-state index in [0.29, 0.717) is 0 Å². The summed E-state index contributed by atoms with van der Waals surface area (Å²) in [5.74, 6) is -1.92. The van der Waals surface area contributed by atoms with Crippen LogP contribution in [-0.4, -0.2) is 50.0 Å². The van der Waals surface area contributed by atoms with Gasteiger partial charge in [-0.1, -0.05) is 0 Å². The molecule has 21 heavy (non-hydrogen) atoms. The summed E-state index contributed by atoms with van der Waals surface area (Å²) in [5.41, 5.74) is 0.236. The van der Waals surface area contributed by atoms with Gasteiger partial charge in [-0.15, -0.1) is 0 Å². The van der Waals surface area contributed by atoms with Crippen molar-refractivity contribution in [2.75, 3.05) is 27.2 Å². The van der Waals surface area contributed by atoms with E-state index in [1.165, 1.54) is 26.3 Å². The van der Waals surface area contributed by atoms with E-state index in [4.69, 9.17) is 0 Å². The first-order valence-electron chi connectivity index (χ1n) is 6.05. The van der Waals surface area contributed by atoms with E-state index in [-0.39, 0.29) is 18.7 Å².